The smallest absolute Gasteiger partial charge is 0.204 e. The molecule has 6 heteroatoms. The van der Waals surface area contributed by atoms with Gasteiger partial charge >= 0.3 is 0 Å². The fraction of sp³-hybridized carbons (Fsp3) is 0.348. The van der Waals surface area contributed by atoms with Crippen LogP contribution in [0.25, 0.3) is 6.08 Å². The molecule has 2 N–H and O–H groups in total. The highest BCUT2D eigenvalue weighted by atomic mass is 16.6. The molecule has 1 heterocycles. The maximum absolute atomic E-state index is 13.2. The average Bonchev–Trinajstić information content (AvgIpc) is 2.74. The number of methoxy groups -OCH3 is 1. The minimum Gasteiger partial charge on any atom is -0.492 e. The SMILES string of the molecule is CCC/C(=C\c1ccc2c(c1OC)OCCO2)C(=O)c1ccc(N)c(OCC)c1. The Kier molecular flexibility index (Phi) is 6.65. The molecule has 0 bridgehead atoms. The number of hydrogen-bond donors (Lipinski definition) is 1. The van der Waals surface area contributed by atoms with Crippen LogP contribution >= 0.6 is 0 Å². The number of ether oxygens (including phenoxy) is 4. The van der Waals surface area contributed by atoms with Crippen LogP contribution in [-0.2, 0) is 0 Å². The molecule has 2 aromatic carbocycles. The van der Waals surface area contributed by atoms with E-state index in [1.807, 2.05) is 32.1 Å². The van der Waals surface area contributed by atoms with Gasteiger partial charge in [0.15, 0.2) is 17.3 Å². The Morgan fingerprint density at radius 2 is 1.97 bits per heavy atom. The highest BCUT2D eigenvalue weighted by Gasteiger charge is 2.21. The van der Waals surface area contributed by atoms with E-state index >= 15 is 0 Å². The maximum Gasteiger partial charge on any atom is 0.204 e. The Labute approximate surface area is 171 Å². The van der Waals surface area contributed by atoms with Crippen molar-refractivity contribution in [3.05, 3.63) is 47.0 Å². The topological polar surface area (TPSA) is 80.0 Å². The lowest BCUT2D eigenvalue weighted by atomic mass is 9.96. The predicted molar refractivity (Wildman–Crippen MR) is 113 cm³/mol. The van der Waals surface area contributed by atoms with Gasteiger partial charge in [0.05, 0.1) is 19.4 Å². The van der Waals surface area contributed by atoms with Crippen molar-refractivity contribution in [3.63, 3.8) is 0 Å². The van der Waals surface area contributed by atoms with Crippen molar-refractivity contribution in [2.45, 2.75) is 26.7 Å². The first-order valence-electron chi connectivity index (χ1n) is 9.83. The Bertz CT molecular complexity index is 920. The third-order valence-corrected chi connectivity index (χ3v) is 4.61. The highest BCUT2D eigenvalue weighted by molar-refractivity contribution is 6.11. The van der Waals surface area contributed by atoms with Gasteiger partial charge < -0.3 is 24.7 Å². The van der Waals surface area contributed by atoms with Gasteiger partial charge in [0.25, 0.3) is 0 Å². The number of hydrogen-bond acceptors (Lipinski definition) is 6. The van der Waals surface area contributed by atoms with E-state index in [1.54, 1.807) is 25.3 Å². The van der Waals surface area contributed by atoms with Crippen molar-refractivity contribution in [3.8, 4) is 23.0 Å². The minimum atomic E-state index is -0.0651. The molecule has 0 radical (unpaired) electrons. The summed E-state index contributed by atoms with van der Waals surface area (Å²) in [6.07, 6.45) is 3.32. The lowest BCUT2D eigenvalue weighted by Crippen LogP contribution is -2.16. The number of carbonyl (C=O) groups is 1. The van der Waals surface area contributed by atoms with Crippen LogP contribution in [-0.4, -0.2) is 32.7 Å². The number of benzene rings is 2. The zero-order valence-electron chi connectivity index (χ0n) is 17.1. The lowest BCUT2D eigenvalue weighted by molar-refractivity contribution is 0.103. The van der Waals surface area contributed by atoms with E-state index < -0.39 is 0 Å². The summed E-state index contributed by atoms with van der Waals surface area (Å²) in [4.78, 5) is 13.2. The van der Waals surface area contributed by atoms with E-state index in [-0.39, 0.29) is 5.78 Å². The van der Waals surface area contributed by atoms with Crippen LogP contribution in [0.1, 0.15) is 42.6 Å². The normalized spacial score (nSPS) is 13.1. The van der Waals surface area contributed by atoms with Crippen LogP contribution < -0.4 is 24.7 Å². The van der Waals surface area contributed by atoms with Crippen molar-refractivity contribution < 1.29 is 23.7 Å². The number of rotatable bonds is 8. The quantitative estimate of drug-likeness (QED) is 0.401. The fourth-order valence-corrected chi connectivity index (χ4v) is 3.28. The molecule has 3 rings (SSSR count). The first-order valence-corrected chi connectivity index (χ1v) is 9.83. The summed E-state index contributed by atoms with van der Waals surface area (Å²) in [7, 11) is 1.58. The number of allylic oxidation sites excluding steroid dienone is 1. The Morgan fingerprint density at radius 1 is 1.17 bits per heavy atom. The van der Waals surface area contributed by atoms with Gasteiger partial charge in [-0.2, -0.15) is 0 Å². The molecule has 2 aromatic rings. The minimum absolute atomic E-state index is 0.0651. The molecular formula is C23H27NO5. The third kappa shape index (κ3) is 4.47. The molecule has 0 aliphatic carbocycles. The van der Waals surface area contributed by atoms with Crippen molar-refractivity contribution in [1.29, 1.82) is 0 Å². The van der Waals surface area contributed by atoms with Crippen LogP contribution in [0, 0.1) is 0 Å². The zero-order valence-corrected chi connectivity index (χ0v) is 17.1. The third-order valence-electron chi connectivity index (χ3n) is 4.61. The molecule has 0 saturated carbocycles. The number of nitrogens with two attached hydrogens (primary N) is 1. The monoisotopic (exact) mass is 397 g/mol. The van der Waals surface area contributed by atoms with Gasteiger partial charge in [-0.25, -0.2) is 0 Å². The molecule has 1 aliphatic heterocycles. The van der Waals surface area contributed by atoms with Crippen LogP contribution in [0.15, 0.2) is 35.9 Å². The molecule has 6 nitrogen and oxygen atoms in total. The van der Waals surface area contributed by atoms with Crippen LogP contribution in [0.2, 0.25) is 0 Å². The zero-order chi connectivity index (χ0) is 20.8. The highest BCUT2D eigenvalue weighted by Crippen LogP contribution is 2.42. The van der Waals surface area contributed by atoms with Crippen LogP contribution in [0.5, 0.6) is 23.0 Å². The number of carbonyl (C=O) groups excluding carboxylic acids is 1. The second-order valence-electron chi connectivity index (χ2n) is 6.65. The summed E-state index contributed by atoms with van der Waals surface area (Å²) in [5.74, 6) is 2.24. The maximum atomic E-state index is 13.2. The van der Waals surface area contributed by atoms with E-state index in [0.717, 1.165) is 12.0 Å². The van der Waals surface area contributed by atoms with E-state index in [4.69, 9.17) is 24.7 Å². The average molecular weight is 397 g/mol. The Morgan fingerprint density at radius 3 is 2.69 bits per heavy atom. The number of ketones is 1. The van der Waals surface area contributed by atoms with E-state index in [9.17, 15) is 4.79 Å². The van der Waals surface area contributed by atoms with Crippen LogP contribution in [0.4, 0.5) is 5.69 Å². The predicted octanol–water partition coefficient (Wildman–Crippen LogP) is 4.51. The van der Waals surface area contributed by atoms with E-state index in [1.165, 1.54) is 0 Å². The summed E-state index contributed by atoms with van der Waals surface area (Å²) in [5.41, 5.74) is 8.44. The number of fused-ring (bicyclic) bond motifs is 1. The van der Waals surface area contributed by atoms with Gasteiger partial charge in [0.1, 0.15) is 19.0 Å². The fourth-order valence-electron chi connectivity index (χ4n) is 3.28. The number of nitrogen functional groups attached to an aromatic ring is 1. The second kappa shape index (κ2) is 9.37. The molecule has 154 valence electrons. The molecule has 0 saturated heterocycles. The molecule has 0 unspecified atom stereocenters. The van der Waals surface area contributed by atoms with Gasteiger partial charge in [-0.05, 0) is 49.8 Å². The summed E-state index contributed by atoms with van der Waals surface area (Å²) < 4.78 is 22.5. The summed E-state index contributed by atoms with van der Waals surface area (Å²) in [6.45, 7) is 5.36. The lowest BCUT2D eigenvalue weighted by Gasteiger charge is -2.21. The van der Waals surface area contributed by atoms with E-state index in [2.05, 4.69) is 0 Å². The number of Topliss-reactive ketones (excluding diaryl/α,β-unsaturated/α-hetero) is 1. The molecule has 0 atom stereocenters. The van der Waals surface area contributed by atoms with Crippen molar-refractivity contribution in [2.75, 3.05) is 32.7 Å². The molecule has 0 spiro atoms. The molecule has 0 fully saturated rings. The second-order valence-corrected chi connectivity index (χ2v) is 6.65. The molecular weight excluding hydrogens is 370 g/mol. The standard InChI is InChI=1S/C23H27NO5/c1-4-6-15(21(25)16-7-9-18(24)20(14-16)27-5-2)13-17-8-10-19-23(22(17)26-3)29-12-11-28-19/h7-10,13-14H,4-6,11-12,24H2,1-3H3/b15-13+. The van der Waals surface area contributed by atoms with E-state index in [0.29, 0.717) is 66.1 Å². The largest absolute Gasteiger partial charge is 0.492 e. The van der Waals surface area contributed by atoms with Crippen molar-refractivity contribution in [1.82, 2.24) is 0 Å². The summed E-state index contributed by atoms with van der Waals surface area (Å²) >= 11 is 0. The first-order chi connectivity index (χ1) is 14.1. The molecule has 0 aromatic heterocycles. The van der Waals surface area contributed by atoms with Crippen molar-refractivity contribution >= 4 is 17.5 Å². The first kappa shape index (κ1) is 20.6. The van der Waals surface area contributed by atoms with Gasteiger partial charge in [0.2, 0.25) is 5.75 Å². The number of anilines is 1. The summed E-state index contributed by atoms with van der Waals surface area (Å²) in [6, 6.07) is 8.85. The van der Waals surface area contributed by atoms with Gasteiger partial charge in [-0.15, -0.1) is 0 Å². The summed E-state index contributed by atoms with van der Waals surface area (Å²) in [5, 5.41) is 0. The molecule has 1 aliphatic rings. The Hall–Kier alpha value is -3.15. The van der Waals surface area contributed by atoms with Gasteiger partial charge in [-0.1, -0.05) is 13.3 Å². The molecule has 29 heavy (non-hydrogen) atoms. The Balaban J connectivity index is 2.01. The molecule has 0 amide bonds. The van der Waals surface area contributed by atoms with Crippen molar-refractivity contribution in [2.24, 2.45) is 0 Å². The van der Waals surface area contributed by atoms with Gasteiger partial charge in [-0.3, -0.25) is 4.79 Å². The van der Waals surface area contributed by atoms with Gasteiger partial charge in [0, 0.05) is 16.7 Å². The van der Waals surface area contributed by atoms with Crippen LogP contribution in [0.3, 0.4) is 0 Å².